The van der Waals surface area contributed by atoms with Crippen LogP contribution in [0.1, 0.15) is 12.5 Å². The van der Waals surface area contributed by atoms with E-state index in [4.69, 9.17) is 4.74 Å². The van der Waals surface area contributed by atoms with Crippen molar-refractivity contribution in [1.82, 2.24) is 10.6 Å². The van der Waals surface area contributed by atoms with Crippen molar-refractivity contribution in [3.05, 3.63) is 29.8 Å². The second-order valence-corrected chi connectivity index (χ2v) is 4.47. The van der Waals surface area contributed by atoms with Gasteiger partial charge in [-0.1, -0.05) is 18.2 Å². The fourth-order valence-corrected chi connectivity index (χ4v) is 2.06. The summed E-state index contributed by atoms with van der Waals surface area (Å²) >= 11 is 0. The molecular formula is C13H17N3O2. The summed E-state index contributed by atoms with van der Waals surface area (Å²) in [6.45, 7) is 1.85. The molecule has 0 spiro atoms. The van der Waals surface area contributed by atoms with Crippen LogP contribution in [0.5, 0.6) is 5.75 Å². The van der Waals surface area contributed by atoms with Crippen molar-refractivity contribution in [2.45, 2.75) is 18.9 Å². The molecule has 1 aromatic carbocycles. The van der Waals surface area contributed by atoms with Crippen LogP contribution in [-0.2, 0) is 11.2 Å². The lowest BCUT2D eigenvalue weighted by Crippen LogP contribution is -2.45. The van der Waals surface area contributed by atoms with Crippen molar-refractivity contribution in [3.63, 3.8) is 0 Å². The van der Waals surface area contributed by atoms with Crippen molar-refractivity contribution in [1.29, 1.82) is 0 Å². The first-order valence-corrected chi connectivity index (χ1v) is 5.77. The number of carbonyl (C=O) groups excluding carboxylic acids is 1. The number of nitrogens with zero attached hydrogens (tertiary/aromatic N) is 1. The number of nitrogens with one attached hydrogen (secondary N) is 2. The molecule has 0 aliphatic carbocycles. The van der Waals surface area contributed by atoms with Crippen LogP contribution >= 0.6 is 0 Å². The Bertz CT molecular complexity index is 499. The zero-order valence-electron chi connectivity index (χ0n) is 10.8. The molecule has 2 rings (SSSR count). The number of rotatable bonds is 3. The normalized spacial score (nSPS) is 24.8. The van der Waals surface area contributed by atoms with Crippen LogP contribution in [-0.4, -0.2) is 31.6 Å². The Balaban J connectivity index is 2.25. The number of methoxy groups -OCH3 is 1. The van der Waals surface area contributed by atoms with Gasteiger partial charge >= 0.3 is 0 Å². The van der Waals surface area contributed by atoms with E-state index in [2.05, 4.69) is 15.6 Å². The number of ether oxygens (including phenoxy) is 1. The molecule has 1 atom stereocenters. The van der Waals surface area contributed by atoms with Crippen LogP contribution in [0, 0.1) is 0 Å². The Morgan fingerprint density at radius 2 is 2.11 bits per heavy atom. The Labute approximate surface area is 106 Å². The van der Waals surface area contributed by atoms with Crippen LogP contribution in [0.2, 0.25) is 0 Å². The fourth-order valence-electron chi connectivity index (χ4n) is 2.06. The number of benzene rings is 1. The lowest BCUT2D eigenvalue weighted by molar-refractivity contribution is -0.123. The molecule has 96 valence electrons. The number of guanidine groups is 1. The maximum atomic E-state index is 12.0. The van der Waals surface area contributed by atoms with Crippen molar-refractivity contribution in [2.75, 3.05) is 14.2 Å². The highest BCUT2D eigenvalue weighted by Gasteiger charge is 2.41. The van der Waals surface area contributed by atoms with Crippen LogP contribution in [0.25, 0.3) is 0 Å². The number of para-hydroxylation sites is 1. The van der Waals surface area contributed by atoms with Crippen molar-refractivity contribution in [3.8, 4) is 5.75 Å². The Hall–Kier alpha value is -2.04. The highest BCUT2D eigenvalue weighted by atomic mass is 16.5. The zero-order chi connectivity index (χ0) is 13.2. The molecule has 5 heteroatoms. The zero-order valence-corrected chi connectivity index (χ0v) is 10.8. The maximum absolute atomic E-state index is 12.0. The lowest BCUT2D eigenvalue weighted by Gasteiger charge is -2.22. The molecule has 0 radical (unpaired) electrons. The predicted molar refractivity (Wildman–Crippen MR) is 69.7 cm³/mol. The maximum Gasteiger partial charge on any atom is 0.252 e. The van der Waals surface area contributed by atoms with Gasteiger partial charge in [-0.15, -0.1) is 0 Å². The summed E-state index contributed by atoms with van der Waals surface area (Å²) in [5.74, 6) is 1.22. The van der Waals surface area contributed by atoms with Gasteiger partial charge in [-0.3, -0.25) is 15.1 Å². The van der Waals surface area contributed by atoms with E-state index in [0.717, 1.165) is 11.3 Å². The third-order valence-electron chi connectivity index (χ3n) is 3.09. The molecule has 2 N–H and O–H groups in total. The number of hydrogen-bond acceptors (Lipinski definition) is 3. The Kier molecular flexibility index (Phi) is 3.23. The molecule has 0 saturated carbocycles. The molecule has 1 unspecified atom stereocenters. The average Bonchev–Trinajstić information content (AvgIpc) is 2.66. The molecule has 1 aliphatic rings. The third-order valence-corrected chi connectivity index (χ3v) is 3.09. The molecule has 1 saturated heterocycles. The highest BCUT2D eigenvalue weighted by Crippen LogP contribution is 2.24. The van der Waals surface area contributed by atoms with Gasteiger partial charge in [0.25, 0.3) is 5.91 Å². The minimum absolute atomic E-state index is 0.0750. The van der Waals surface area contributed by atoms with E-state index in [1.807, 2.05) is 31.2 Å². The number of hydrogen-bond donors (Lipinski definition) is 2. The molecular weight excluding hydrogens is 230 g/mol. The standard InChI is InChI=1S/C13H17N3O2/c1-13(11(17)15-12(14-2)16-13)8-9-6-4-5-7-10(9)18-3/h4-7H,8H2,1-3H3,(H2,14,15,16,17). The van der Waals surface area contributed by atoms with E-state index in [-0.39, 0.29) is 5.91 Å². The average molecular weight is 247 g/mol. The SMILES string of the molecule is CN=C1NC(=O)C(C)(Cc2ccccc2OC)N1. The number of aliphatic imine (C=N–C) groups is 1. The fraction of sp³-hybridized carbons (Fsp3) is 0.385. The molecule has 1 aliphatic heterocycles. The van der Waals surface area contributed by atoms with Crippen molar-refractivity contribution < 1.29 is 9.53 Å². The number of amides is 1. The summed E-state index contributed by atoms with van der Waals surface area (Å²) in [6, 6.07) is 7.69. The Morgan fingerprint density at radius 3 is 2.72 bits per heavy atom. The topological polar surface area (TPSA) is 62.7 Å². The molecule has 1 amide bonds. The highest BCUT2D eigenvalue weighted by molar-refractivity contribution is 6.08. The van der Waals surface area contributed by atoms with Crippen molar-refractivity contribution in [2.24, 2.45) is 4.99 Å². The van der Waals surface area contributed by atoms with Crippen LogP contribution in [0.15, 0.2) is 29.3 Å². The second kappa shape index (κ2) is 4.68. The van der Waals surface area contributed by atoms with Crippen LogP contribution < -0.4 is 15.4 Å². The van der Waals surface area contributed by atoms with E-state index < -0.39 is 5.54 Å². The number of carbonyl (C=O) groups is 1. The molecule has 1 aromatic rings. The summed E-state index contributed by atoms with van der Waals surface area (Å²) in [6.07, 6.45) is 0.544. The van der Waals surface area contributed by atoms with E-state index in [9.17, 15) is 4.79 Å². The first-order chi connectivity index (χ1) is 8.59. The van der Waals surface area contributed by atoms with E-state index in [0.29, 0.717) is 12.4 Å². The van der Waals surface area contributed by atoms with Gasteiger partial charge in [-0.2, -0.15) is 0 Å². The molecule has 1 heterocycles. The summed E-state index contributed by atoms with van der Waals surface area (Å²) in [7, 11) is 3.26. The van der Waals surface area contributed by atoms with Gasteiger partial charge in [0.05, 0.1) is 7.11 Å². The van der Waals surface area contributed by atoms with E-state index in [1.165, 1.54) is 0 Å². The first-order valence-electron chi connectivity index (χ1n) is 5.77. The summed E-state index contributed by atoms with van der Waals surface area (Å²) < 4.78 is 5.30. The second-order valence-electron chi connectivity index (χ2n) is 4.47. The van der Waals surface area contributed by atoms with Gasteiger partial charge in [0, 0.05) is 13.5 Å². The van der Waals surface area contributed by atoms with E-state index in [1.54, 1.807) is 14.2 Å². The largest absolute Gasteiger partial charge is 0.496 e. The monoisotopic (exact) mass is 247 g/mol. The summed E-state index contributed by atoms with van der Waals surface area (Å²) in [5.41, 5.74) is 0.297. The minimum atomic E-state index is -0.691. The van der Waals surface area contributed by atoms with Crippen LogP contribution in [0.4, 0.5) is 0 Å². The molecule has 5 nitrogen and oxygen atoms in total. The van der Waals surface area contributed by atoms with Crippen LogP contribution in [0.3, 0.4) is 0 Å². The predicted octanol–water partition coefficient (Wildman–Crippen LogP) is 0.702. The smallest absolute Gasteiger partial charge is 0.252 e. The van der Waals surface area contributed by atoms with Crippen molar-refractivity contribution >= 4 is 11.9 Å². The lowest BCUT2D eigenvalue weighted by atomic mass is 9.92. The molecule has 18 heavy (non-hydrogen) atoms. The molecule has 0 aromatic heterocycles. The summed E-state index contributed by atoms with van der Waals surface area (Å²) in [5, 5.41) is 5.81. The first kappa shape index (κ1) is 12.4. The van der Waals surface area contributed by atoms with E-state index >= 15 is 0 Å². The van der Waals surface area contributed by atoms with Gasteiger partial charge in [0.1, 0.15) is 11.3 Å². The van der Waals surface area contributed by atoms with Gasteiger partial charge < -0.3 is 10.1 Å². The Morgan fingerprint density at radius 1 is 1.39 bits per heavy atom. The quantitative estimate of drug-likeness (QED) is 0.826. The third kappa shape index (κ3) is 2.16. The van der Waals surface area contributed by atoms with Gasteiger partial charge in [-0.05, 0) is 18.6 Å². The minimum Gasteiger partial charge on any atom is -0.496 e. The van der Waals surface area contributed by atoms with Gasteiger partial charge in [-0.25, -0.2) is 0 Å². The summed E-state index contributed by atoms with van der Waals surface area (Å²) in [4.78, 5) is 15.9. The van der Waals surface area contributed by atoms with Gasteiger partial charge in [0.15, 0.2) is 5.96 Å². The molecule has 0 bridgehead atoms. The van der Waals surface area contributed by atoms with Gasteiger partial charge in [0.2, 0.25) is 0 Å². The molecule has 1 fully saturated rings.